The summed E-state index contributed by atoms with van der Waals surface area (Å²) in [4.78, 5) is 2.43. The third-order valence-electron chi connectivity index (χ3n) is 2.67. The predicted octanol–water partition coefficient (Wildman–Crippen LogP) is 0.439. The summed E-state index contributed by atoms with van der Waals surface area (Å²) in [5.74, 6) is 0.818. The fraction of sp³-hybridized carbons (Fsp3) is 1.00. The van der Waals surface area contributed by atoms with E-state index >= 15 is 0 Å². The van der Waals surface area contributed by atoms with Gasteiger partial charge in [0.15, 0.2) is 0 Å². The molecule has 0 saturated carbocycles. The highest BCUT2D eigenvalue weighted by Gasteiger charge is 2.17. The minimum absolute atomic E-state index is 0.644. The molecule has 0 bridgehead atoms. The number of piperazine rings is 1. The van der Waals surface area contributed by atoms with Crippen LogP contribution in [0.2, 0.25) is 0 Å². The van der Waals surface area contributed by atoms with Gasteiger partial charge in [0, 0.05) is 55.0 Å². The summed E-state index contributed by atoms with van der Waals surface area (Å²) in [6.07, 6.45) is 4.28. The van der Waals surface area contributed by atoms with Crippen LogP contribution in [0.5, 0.6) is 0 Å². The van der Waals surface area contributed by atoms with E-state index in [1.807, 2.05) is 0 Å². The number of hydrogen-bond donors (Lipinski definition) is 1. The highest BCUT2D eigenvalue weighted by atomic mass is 32.2. The zero-order chi connectivity index (χ0) is 10.4. The first-order valence-corrected chi connectivity index (χ1v) is 7.21. The van der Waals surface area contributed by atoms with Crippen LogP contribution in [0.3, 0.4) is 0 Å². The SMILES string of the molecule is CCCC1CN(CCS(C)=O)CCN1. The lowest BCUT2D eigenvalue weighted by Gasteiger charge is -2.33. The first kappa shape index (κ1) is 12.1. The van der Waals surface area contributed by atoms with Crippen molar-refractivity contribution in [3.8, 4) is 0 Å². The van der Waals surface area contributed by atoms with Crippen molar-refractivity contribution in [2.45, 2.75) is 25.8 Å². The summed E-state index contributed by atoms with van der Waals surface area (Å²) in [6, 6.07) is 0.652. The number of nitrogens with zero attached hydrogens (tertiary/aromatic N) is 1. The average molecular weight is 218 g/mol. The Kier molecular flexibility index (Phi) is 5.67. The molecule has 84 valence electrons. The zero-order valence-corrected chi connectivity index (χ0v) is 10.1. The molecule has 1 aliphatic heterocycles. The van der Waals surface area contributed by atoms with Crippen LogP contribution in [0.4, 0.5) is 0 Å². The van der Waals surface area contributed by atoms with Crippen LogP contribution in [0, 0.1) is 0 Å². The van der Waals surface area contributed by atoms with Gasteiger partial charge in [-0.15, -0.1) is 0 Å². The molecule has 0 aromatic rings. The summed E-state index contributed by atoms with van der Waals surface area (Å²) in [5, 5.41) is 3.52. The molecule has 4 heteroatoms. The molecule has 3 nitrogen and oxygen atoms in total. The molecule has 1 rings (SSSR count). The normalized spacial score (nSPS) is 26.3. The Hall–Kier alpha value is 0.0700. The molecular formula is C10H22N2OS. The van der Waals surface area contributed by atoms with E-state index in [0.29, 0.717) is 6.04 Å². The lowest BCUT2D eigenvalue weighted by atomic mass is 10.1. The molecule has 2 unspecified atom stereocenters. The highest BCUT2D eigenvalue weighted by molar-refractivity contribution is 7.84. The van der Waals surface area contributed by atoms with Crippen molar-refractivity contribution in [3.63, 3.8) is 0 Å². The molecule has 0 aliphatic carbocycles. The van der Waals surface area contributed by atoms with Crippen molar-refractivity contribution in [1.29, 1.82) is 0 Å². The van der Waals surface area contributed by atoms with Crippen molar-refractivity contribution in [1.82, 2.24) is 10.2 Å². The molecule has 1 saturated heterocycles. The number of rotatable bonds is 5. The lowest BCUT2D eigenvalue weighted by molar-refractivity contribution is 0.204. The van der Waals surface area contributed by atoms with Crippen LogP contribution in [0.1, 0.15) is 19.8 Å². The molecular weight excluding hydrogens is 196 g/mol. The van der Waals surface area contributed by atoms with Gasteiger partial charge in [0.25, 0.3) is 0 Å². The molecule has 0 aromatic heterocycles. The first-order chi connectivity index (χ1) is 6.72. The fourth-order valence-corrected chi connectivity index (χ4v) is 2.41. The van der Waals surface area contributed by atoms with E-state index in [0.717, 1.165) is 31.9 Å². The van der Waals surface area contributed by atoms with Gasteiger partial charge >= 0.3 is 0 Å². The molecule has 14 heavy (non-hydrogen) atoms. The first-order valence-electron chi connectivity index (χ1n) is 5.48. The van der Waals surface area contributed by atoms with E-state index in [1.165, 1.54) is 12.8 Å². The molecule has 1 fully saturated rings. The van der Waals surface area contributed by atoms with E-state index in [1.54, 1.807) is 6.26 Å². The number of nitrogens with one attached hydrogen (secondary N) is 1. The Balaban J connectivity index is 2.21. The average Bonchev–Trinajstić information content (AvgIpc) is 2.16. The van der Waals surface area contributed by atoms with Gasteiger partial charge in [0.1, 0.15) is 0 Å². The standard InChI is InChI=1S/C10H22N2OS/c1-3-4-10-9-12(6-5-11-10)7-8-14(2)13/h10-11H,3-9H2,1-2H3. The summed E-state index contributed by atoms with van der Waals surface area (Å²) in [5.41, 5.74) is 0. The van der Waals surface area contributed by atoms with Gasteiger partial charge in [-0.2, -0.15) is 0 Å². The highest BCUT2D eigenvalue weighted by Crippen LogP contribution is 2.04. The number of hydrogen-bond acceptors (Lipinski definition) is 3. The smallest absolute Gasteiger partial charge is 0.0359 e. The van der Waals surface area contributed by atoms with Crippen LogP contribution in [0.15, 0.2) is 0 Å². The maximum absolute atomic E-state index is 11.0. The monoisotopic (exact) mass is 218 g/mol. The second-order valence-corrected chi connectivity index (χ2v) is 5.57. The summed E-state index contributed by atoms with van der Waals surface area (Å²) in [6.45, 7) is 6.54. The Morgan fingerprint density at radius 3 is 3.00 bits per heavy atom. The van der Waals surface area contributed by atoms with Crippen LogP contribution >= 0.6 is 0 Å². The van der Waals surface area contributed by atoms with Gasteiger partial charge in [-0.1, -0.05) is 13.3 Å². The van der Waals surface area contributed by atoms with Gasteiger partial charge < -0.3 is 5.32 Å². The second kappa shape index (κ2) is 6.53. The fourth-order valence-electron chi connectivity index (χ4n) is 1.90. The second-order valence-electron chi connectivity index (χ2n) is 4.02. The minimum Gasteiger partial charge on any atom is -0.311 e. The van der Waals surface area contributed by atoms with E-state index < -0.39 is 10.8 Å². The Labute approximate surface area is 89.7 Å². The Morgan fingerprint density at radius 2 is 2.36 bits per heavy atom. The maximum atomic E-state index is 11.0. The maximum Gasteiger partial charge on any atom is 0.0359 e. The largest absolute Gasteiger partial charge is 0.311 e. The van der Waals surface area contributed by atoms with Gasteiger partial charge in [-0.3, -0.25) is 9.11 Å². The zero-order valence-electron chi connectivity index (χ0n) is 9.29. The van der Waals surface area contributed by atoms with E-state index in [4.69, 9.17) is 0 Å². The molecule has 0 radical (unpaired) electrons. The Morgan fingerprint density at radius 1 is 1.57 bits per heavy atom. The van der Waals surface area contributed by atoms with E-state index in [-0.39, 0.29) is 0 Å². The molecule has 0 aromatic carbocycles. The molecule has 1 aliphatic rings. The molecule has 1 heterocycles. The summed E-state index contributed by atoms with van der Waals surface area (Å²) < 4.78 is 11.0. The third-order valence-corrected chi connectivity index (χ3v) is 3.43. The van der Waals surface area contributed by atoms with Gasteiger partial charge in [0.2, 0.25) is 0 Å². The molecule has 0 spiro atoms. The van der Waals surface area contributed by atoms with Crippen molar-refractivity contribution in [3.05, 3.63) is 0 Å². The van der Waals surface area contributed by atoms with Gasteiger partial charge in [-0.05, 0) is 6.42 Å². The van der Waals surface area contributed by atoms with Gasteiger partial charge in [-0.25, -0.2) is 0 Å². The predicted molar refractivity (Wildman–Crippen MR) is 62.1 cm³/mol. The van der Waals surface area contributed by atoms with Crippen molar-refractivity contribution >= 4 is 10.8 Å². The van der Waals surface area contributed by atoms with Crippen LogP contribution in [-0.2, 0) is 10.8 Å². The Bertz CT molecular complexity index is 185. The quantitative estimate of drug-likeness (QED) is 0.727. The lowest BCUT2D eigenvalue weighted by Crippen LogP contribution is -2.51. The summed E-state index contributed by atoms with van der Waals surface area (Å²) >= 11 is 0. The topological polar surface area (TPSA) is 32.3 Å². The van der Waals surface area contributed by atoms with Crippen molar-refractivity contribution in [2.24, 2.45) is 0 Å². The minimum atomic E-state index is -0.644. The van der Waals surface area contributed by atoms with E-state index in [9.17, 15) is 4.21 Å². The van der Waals surface area contributed by atoms with E-state index in [2.05, 4.69) is 17.1 Å². The third kappa shape index (κ3) is 4.53. The van der Waals surface area contributed by atoms with Gasteiger partial charge in [0.05, 0.1) is 0 Å². The van der Waals surface area contributed by atoms with Crippen molar-refractivity contribution < 1.29 is 4.21 Å². The molecule has 0 amide bonds. The summed E-state index contributed by atoms with van der Waals surface area (Å²) in [7, 11) is -0.644. The molecule has 2 atom stereocenters. The van der Waals surface area contributed by atoms with Crippen LogP contribution < -0.4 is 5.32 Å². The molecule has 1 N–H and O–H groups in total. The van der Waals surface area contributed by atoms with Crippen LogP contribution in [0.25, 0.3) is 0 Å². The van der Waals surface area contributed by atoms with Crippen molar-refractivity contribution in [2.75, 3.05) is 38.2 Å². The van der Waals surface area contributed by atoms with Crippen LogP contribution in [-0.4, -0.2) is 53.3 Å².